The predicted octanol–water partition coefficient (Wildman–Crippen LogP) is 3.06. The minimum atomic E-state index is -0.0964. The van der Waals surface area contributed by atoms with Gasteiger partial charge < -0.3 is 14.8 Å². The Labute approximate surface area is 179 Å². The molecule has 0 aliphatic rings. The second-order valence-corrected chi connectivity index (χ2v) is 6.93. The number of hydrogen-bond donors (Lipinski definition) is 1. The molecule has 0 unspecified atom stereocenters. The highest BCUT2D eigenvalue weighted by atomic mass is 16.5. The van der Waals surface area contributed by atoms with E-state index < -0.39 is 0 Å². The highest BCUT2D eigenvalue weighted by Crippen LogP contribution is 2.23. The molecule has 4 aromatic rings. The zero-order valence-electron chi connectivity index (χ0n) is 17.4. The minimum Gasteiger partial charge on any atom is -0.497 e. The van der Waals surface area contributed by atoms with E-state index in [0.717, 1.165) is 16.8 Å². The van der Waals surface area contributed by atoms with E-state index in [0.29, 0.717) is 35.9 Å². The molecule has 0 atom stereocenters. The van der Waals surface area contributed by atoms with E-state index in [4.69, 9.17) is 9.47 Å². The SMILES string of the molecule is COc1ccc(OC)c(CNC(=O)CCc2nnc3ccc(-c4ccccc4)nn23)c1. The van der Waals surface area contributed by atoms with Gasteiger partial charge >= 0.3 is 0 Å². The number of ether oxygens (including phenoxy) is 2. The molecule has 0 fully saturated rings. The summed E-state index contributed by atoms with van der Waals surface area (Å²) in [6, 6.07) is 19.2. The summed E-state index contributed by atoms with van der Waals surface area (Å²) in [5.41, 5.74) is 3.33. The number of benzene rings is 2. The molecule has 2 heterocycles. The molecular weight excluding hydrogens is 394 g/mol. The van der Waals surface area contributed by atoms with Gasteiger partial charge in [-0.15, -0.1) is 10.2 Å². The molecule has 0 saturated carbocycles. The van der Waals surface area contributed by atoms with Gasteiger partial charge in [0.25, 0.3) is 0 Å². The summed E-state index contributed by atoms with van der Waals surface area (Å²) in [6.45, 7) is 0.343. The molecule has 31 heavy (non-hydrogen) atoms. The molecule has 0 radical (unpaired) electrons. The van der Waals surface area contributed by atoms with Crippen molar-refractivity contribution >= 4 is 11.6 Å². The Morgan fingerprint density at radius 1 is 1.00 bits per heavy atom. The quantitative estimate of drug-likeness (QED) is 0.474. The second-order valence-electron chi connectivity index (χ2n) is 6.93. The van der Waals surface area contributed by atoms with Crippen molar-refractivity contribution in [1.82, 2.24) is 25.1 Å². The minimum absolute atomic E-state index is 0.0964. The third kappa shape index (κ3) is 4.63. The van der Waals surface area contributed by atoms with Crippen molar-refractivity contribution in [2.24, 2.45) is 0 Å². The number of carbonyl (C=O) groups excluding carboxylic acids is 1. The number of carbonyl (C=O) groups is 1. The lowest BCUT2D eigenvalue weighted by molar-refractivity contribution is -0.121. The normalized spacial score (nSPS) is 10.8. The Morgan fingerprint density at radius 2 is 1.84 bits per heavy atom. The van der Waals surface area contributed by atoms with E-state index in [-0.39, 0.29) is 12.3 Å². The Balaban J connectivity index is 1.42. The van der Waals surface area contributed by atoms with Gasteiger partial charge in [-0.3, -0.25) is 4.79 Å². The third-order valence-corrected chi connectivity index (χ3v) is 4.94. The van der Waals surface area contributed by atoms with E-state index >= 15 is 0 Å². The van der Waals surface area contributed by atoms with E-state index in [1.54, 1.807) is 18.7 Å². The first-order valence-corrected chi connectivity index (χ1v) is 9.92. The van der Waals surface area contributed by atoms with Crippen LogP contribution in [0.4, 0.5) is 0 Å². The van der Waals surface area contributed by atoms with Crippen molar-refractivity contribution in [3.63, 3.8) is 0 Å². The van der Waals surface area contributed by atoms with Crippen molar-refractivity contribution in [2.45, 2.75) is 19.4 Å². The van der Waals surface area contributed by atoms with Gasteiger partial charge in [0.15, 0.2) is 11.5 Å². The van der Waals surface area contributed by atoms with Gasteiger partial charge in [-0.25, -0.2) is 0 Å². The topological polar surface area (TPSA) is 90.6 Å². The average Bonchev–Trinajstić information content (AvgIpc) is 3.24. The molecule has 0 saturated heterocycles. The van der Waals surface area contributed by atoms with Crippen LogP contribution < -0.4 is 14.8 Å². The van der Waals surface area contributed by atoms with Gasteiger partial charge in [-0.2, -0.15) is 9.61 Å². The lowest BCUT2D eigenvalue weighted by Crippen LogP contribution is -2.23. The van der Waals surface area contributed by atoms with E-state index in [1.807, 2.05) is 60.7 Å². The Morgan fingerprint density at radius 3 is 2.61 bits per heavy atom. The number of aryl methyl sites for hydroxylation is 1. The first kappa shape index (κ1) is 20.3. The Hall–Kier alpha value is -3.94. The Kier molecular flexibility index (Phi) is 6.07. The van der Waals surface area contributed by atoms with Crippen LogP contribution in [0.25, 0.3) is 16.9 Å². The van der Waals surface area contributed by atoms with Crippen LogP contribution in [0.1, 0.15) is 17.8 Å². The van der Waals surface area contributed by atoms with Gasteiger partial charge in [0.2, 0.25) is 5.91 Å². The summed E-state index contributed by atoms with van der Waals surface area (Å²) in [7, 11) is 3.20. The smallest absolute Gasteiger partial charge is 0.220 e. The fraction of sp³-hybridized carbons (Fsp3) is 0.217. The van der Waals surface area contributed by atoms with Crippen LogP contribution in [0.3, 0.4) is 0 Å². The van der Waals surface area contributed by atoms with Crippen LogP contribution in [0.2, 0.25) is 0 Å². The molecule has 2 aromatic heterocycles. The summed E-state index contributed by atoms with van der Waals surface area (Å²) in [4.78, 5) is 12.4. The van der Waals surface area contributed by atoms with Crippen LogP contribution in [0.5, 0.6) is 11.5 Å². The van der Waals surface area contributed by atoms with Crippen LogP contribution >= 0.6 is 0 Å². The van der Waals surface area contributed by atoms with Gasteiger partial charge in [0.1, 0.15) is 11.5 Å². The second kappa shape index (κ2) is 9.25. The molecule has 0 aliphatic carbocycles. The monoisotopic (exact) mass is 417 g/mol. The van der Waals surface area contributed by atoms with Crippen LogP contribution in [0, 0.1) is 0 Å². The van der Waals surface area contributed by atoms with Crippen molar-refractivity contribution in [1.29, 1.82) is 0 Å². The van der Waals surface area contributed by atoms with Gasteiger partial charge in [-0.05, 0) is 30.3 Å². The fourth-order valence-electron chi connectivity index (χ4n) is 3.28. The number of fused-ring (bicyclic) bond motifs is 1. The van der Waals surface area contributed by atoms with Crippen LogP contribution in [-0.2, 0) is 17.8 Å². The van der Waals surface area contributed by atoms with Gasteiger partial charge in [0, 0.05) is 30.5 Å². The summed E-state index contributed by atoms with van der Waals surface area (Å²) in [5.74, 6) is 1.95. The van der Waals surface area contributed by atoms with E-state index in [9.17, 15) is 4.79 Å². The lowest BCUT2D eigenvalue weighted by atomic mass is 10.1. The number of aromatic nitrogens is 4. The molecule has 8 nitrogen and oxygen atoms in total. The molecule has 1 N–H and O–H groups in total. The number of nitrogens with zero attached hydrogens (tertiary/aromatic N) is 4. The maximum Gasteiger partial charge on any atom is 0.220 e. The molecule has 4 rings (SSSR count). The number of methoxy groups -OCH3 is 2. The molecule has 158 valence electrons. The fourth-order valence-corrected chi connectivity index (χ4v) is 3.28. The molecule has 0 spiro atoms. The number of nitrogens with one attached hydrogen (secondary N) is 1. The summed E-state index contributed by atoms with van der Waals surface area (Å²) in [6.07, 6.45) is 0.692. The first-order chi connectivity index (χ1) is 15.2. The maximum atomic E-state index is 12.4. The zero-order valence-corrected chi connectivity index (χ0v) is 17.4. The van der Waals surface area contributed by atoms with Gasteiger partial charge in [0.05, 0.1) is 19.9 Å². The van der Waals surface area contributed by atoms with Crippen molar-refractivity contribution in [3.8, 4) is 22.8 Å². The van der Waals surface area contributed by atoms with Gasteiger partial charge in [-0.1, -0.05) is 30.3 Å². The predicted molar refractivity (Wildman–Crippen MR) is 116 cm³/mol. The maximum absolute atomic E-state index is 12.4. The van der Waals surface area contributed by atoms with Crippen LogP contribution in [0.15, 0.2) is 60.7 Å². The Bertz CT molecular complexity index is 1190. The first-order valence-electron chi connectivity index (χ1n) is 9.92. The van der Waals surface area contributed by atoms with Crippen LogP contribution in [-0.4, -0.2) is 39.9 Å². The summed E-state index contributed by atoms with van der Waals surface area (Å²) < 4.78 is 12.3. The van der Waals surface area contributed by atoms with Crippen molar-refractivity contribution < 1.29 is 14.3 Å². The molecule has 1 amide bonds. The molecule has 0 aliphatic heterocycles. The molecule has 0 bridgehead atoms. The molecule has 8 heteroatoms. The number of hydrogen-bond acceptors (Lipinski definition) is 6. The average molecular weight is 417 g/mol. The van der Waals surface area contributed by atoms with E-state index in [2.05, 4.69) is 20.6 Å². The lowest BCUT2D eigenvalue weighted by Gasteiger charge is -2.11. The highest BCUT2D eigenvalue weighted by molar-refractivity contribution is 5.76. The number of rotatable bonds is 8. The number of amides is 1. The molecular formula is C23H23N5O3. The standard InChI is InChI=1S/C23H23N5O3/c1-30-18-8-10-20(31-2)17(14-18)15-24-23(29)13-12-22-26-25-21-11-9-19(27-28(21)22)16-6-4-3-5-7-16/h3-11,14H,12-13,15H2,1-2H3,(H,24,29). The largest absolute Gasteiger partial charge is 0.497 e. The van der Waals surface area contributed by atoms with E-state index in [1.165, 1.54) is 0 Å². The third-order valence-electron chi connectivity index (χ3n) is 4.94. The van der Waals surface area contributed by atoms with Crippen molar-refractivity contribution in [2.75, 3.05) is 14.2 Å². The van der Waals surface area contributed by atoms with Crippen molar-refractivity contribution in [3.05, 3.63) is 72.1 Å². The summed E-state index contributed by atoms with van der Waals surface area (Å²) in [5, 5.41) is 15.9. The molecule has 2 aromatic carbocycles. The zero-order chi connectivity index (χ0) is 21.6. The summed E-state index contributed by atoms with van der Waals surface area (Å²) >= 11 is 0. The highest BCUT2D eigenvalue weighted by Gasteiger charge is 2.12.